The van der Waals surface area contributed by atoms with Crippen molar-refractivity contribution >= 4 is 5.91 Å². The maximum atomic E-state index is 12.7. The van der Waals surface area contributed by atoms with E-state index in [4.69, 9.17) is 4.74 Å². The quantitative estimate of drug-likeness (QED) is 0.788. The van der Waals surface area contributed by atoms with Gasteiger partial charge in [0.2, 0.25) is 5.91 Å². The topological polar surface area (TPSA) is 105 Å². The molecule has 3 atom stereocenters. The predicted octanol–water partition coefficient (Wildman–Crippen LogP) is 0.301. The lowest BCUT2D eigenvalue weighted by atomic mass is 9.82. The lowest BCUT2D eigenvalue weighted by molar-refractivity contribution is -0.131. The predicted molar refractivity (Wildman–Crippen MR) is 101 cm³/mol. The summed E-state index contributed by atoms with van der Waals surface area (Å²) in [4.78, 5) is 39.5. The summed E-state index contributed by atoms with van der Waals surface area (Å²) in [5, 5.41) is 11.4. The number of rotatable bonds is 4. The fourth-order valence-corrected chi connectivity index (χ4v) is 4.56. The smallest absolute Gasteiger partial charge is 0.328 e. The first-order valence-electron chi connectivity index (χ1n) is 9.35. The first-order chi connectivity index (χ1) is 13.4. The number of methoxy groups -OCH3 is 1. The number of likely N-dealkylation sites (tertiary alicyclic amines) is 1. The number of nitrogens with one attached hydrogen (secondary N) is 1. The minimum atomic E-state index is -0.997. The van der Waals surface area contributed by atoms with Gasteiger partial charge in [-0.3, -0.25) is 19.1 Å². The Morgan fingerprint density at radius 2 is 2.14 bits per heavy atom. The van der Waals surface area contributed by atoms with Crippen molar-refractivity contribution in [1.29, 1.82) is 0 Å². The highest BCUT2D eigenvalue weighted by molar-refractivity contribution is 5.76. The number of benzene rings is 1. The molecule has 1 aliphatic heterocycles. The molecule has 4 rings (SSSR count). The standard InChI is InChI=1S/C20H23N3O5/c1-28-15-4-2-3-14(9-15)20(27)7-5-13-10-23(11-16(13)20)18(25)12-22-8-6-17(24)21-19(22)26/h2-4,6,8-9,13,16,27H,5,7,10-12H2,1H3,(H,21,24,26)/t13-,16+,20+/m1/s1. The molecule has 0 spiro atoms. The third-order valence-corrected chi connectivity index (χ3v) is 6.08. The van der Waals surface area contributed by atoms with E-state index >= 15 is 0 Å². The van der Waals surface area contributed by atoms with Crippen molar-refractivity contribution in [3.8, 4) is 5.75 Å². The van der Waals surface area contributed by atoms with E-state index in [1.165, 1.54) is 16.8 Å². The Kier molecular flexibility index (Phi) is 4.58. The number of aromatic nitrogens is 2. The van der Waals surface area contributed by atoms with E-state index in [0.717, 1.165) is 12.0 Å². The third kappa shape index (κ3) is 3.13. The number of carbonyl (C=O) groups excluding carboxylic acids is 1. The van der Waals surface area contributed by atoms with E-state index < -0.39 is 16.9 Å². The van der Waals surface area contributed by atoms with Gasteiger partial charge in [-0.1, -0.05) is 12.1 Å². The zero-order valence-corrected chi connectivity index (χ0v) is 15.6. The van der Waals surface area contributed by atoms with Gasteiger partial charge < -0.3 is 14.7 Å². The van der Waals surface area contributed by atoms with Crippen molar-refractivity contribution in [2.75, 3.05) is 20.2 Å². The van der Waals surface area contributed by atoms with Crippen LogP contribution in [0.5, 0.6) is 5.75 Å². The normalized spacial score (nSPS) is 26.3. The first-order valence-corrected chi connectivity index (χ1v) is 9.35. The van der Waals surface area contributed by atoms with Crippen LogP contribution in [0.1, 0.15) is 18.4 Å². The number of aromatic amines is 1. The van der Waals surface area contributed by atoms with Crippen LogP contribution in [0.15, 0.2) is 46.1 Å². The van der Waals surface area contributed by atoms with Gasteiger partial charge in [0.05, 0.1) is 12.7 Å². The maximum absolute atomic E-state index is 12.7. The molecule has 2 aliphatic rings. The van der Waals surface area contributed by atoms with Crippen molar-refractivity contribution in [2.24, 2.45) is 11.8 Å². The third-order valence-electron chi connectivity index (χ3n) is 6.08. The Morgan fingerprint density at radius 1 is 1.32 bits per heavy atom. The summed E-state index contributed by atoms with van der Waals surface area (Å²) in [6, 6.07) is 8.67. The van der Waals surface area contributed by atoms with E-state index in [1.807, 2.05) is 24.3 Å². The number of aliphatic hydroxyl groups is 1. The highest BCUT2D eigenvalue weighted by Gasteiger charge is 2.53. The molecule has 8 nitrogen and oxygen atoms in total. The van der Waals surface area contributed by atoms with Crippen LogP contribution in [0.3, 0.4) is 0 Å². The van der Waals surface area contributed by atoms with Crippen molar-refractivity contribution in [3.05, 3.63) is 62.9 Å². The van der Waals surface area contributed by atoms with Crippen LogP contribution in [0.2, 0.25) is 0 Å². The van der Waals surface area contributed by atoms with Crippen molar-refractivity contribution in [1.82, 2.24) is 14.5 Å². The second kappa shape index (κ2) is 6.94. The average molecular weight is 385 g/mol. The van der Waals surface area contributed by atoms with Gasteiger partial charge in [0.1, 0.15) is 12.3 Å². The molecule has 2 aromatic rings. The molecule has 8 heteroatoms. The molecular weight excluding hydrogens is 362 g/mol. The Labute approximate surface area is 161 Å². The number of fused-ring (bicyclic) bond motifs is 1. The number of carbonyl (C=O) groups is 1. The summed E-state index contributed by atoms with van der Waals surface area (Å²) in [5.41, 5.74) is -1.28. The van der Waals surface area contributed by atoms with Gasteiger partial charge in [-0.15, -0.1) is 0 Å². The number of hydrogen-bond acceptors (Lipinski definition) is 5. The summed E-state index contributed by atoms with van der Waals surface area (Å²) >= 11 is 0. The number of H-pyrrole nitrogens is 1. The molecule has 1 saturated heterocycles. The monoisotopic (exact) mass is 385 g/mol. The zero-order valence-electron chi connectivity index (χ0n) is 15.6. The molecule has 1 aromatic heterocycles. The van der Waals surface area contributed by atoms with Crippen LogP contribution in [0.4, 0.5) is 0 Å². The summed E-state index contributed by atoms with van der Waals surface area (Å²) in [6.07, 6.45) is 2.81. The number of nitrogens with zero attached hydrogens (tertiary/aromatic N) is 2. The van der Waals surface area contributed by atoms with E-state index in [9.17, 15) is 19.5 Å². The molecular formula is C20H23N3O5. The lowest BCUT2D eigenvalue weighted by Crippen LogP contribution is -2.39. The molecule has 2 fully saturated rings. The molecule has 0 unspecified atom stereocenters. The van der Waals surface area contributed by atoms with Gasteiger partial charge >= 0.3 is 5.69 Å². The number of ether oxygens (including phenoxy) is 1. The minimum Gasteiger partial charge on any atom is -0.497 e. The highest BCUT2D eigenvalue weighted by atomic mass is 16.5. The molecule has 1 aromatic carbocycles. The van der Waals surface area contributed by atoms with Gasteiger partial charge in [-0.2, -0.15) is 0 Å². The zero-order chi connectivity index (χ0) is 19.9. The molecule has 0 bridgehead atoms. The second-order valence-corrected chi connectivity index (χ2v) is 7.60. The van der Waals surface area contributed by atoms with Crippen LogP contribution < -0.4 is 16.0 Å². The molecule has 0 radical (unpaired) electrons. The first kappa shape index (κ1) is 18.5. The van der Waals surface area contributed by atoms with Gasteiger partial charge in [0.25, 0.3) is 5.56 Å². The van der Waals surface area contributed by atoms with Gasteiger partial charge in [0.15, 0.2) is 0 Å². The van der Waals surface area contributed by atoms with Crippen molar-refractivity contribution in [3.63, 3.8) is 0 Å². The maximum Gasteiger partial charge on any atom is 0.328 e. The molecule has 1 aliphatic carbocycles. The van der Waals surface area contributed by atoms with Crippen LogP contribution in [0.25, 0.3) is 0 Å². The number of hydrogen-bond donors (Lipinski definition) is 2. The second-order valence-electron chi connectivity index (χ2n) is 7.60. The Balaban J connectivity index is 1.51. The largest absolute Gasteiger partial charge is 0.497 e. The van der Waals surface area contributed by atoms with Gasteiger partial charge in [-0.05, 0) is 36.5 Å². The Hall–Kier alpha value is -2.87. The van der Waals surface area contributed by atoms with E-state index in [2.05, 4.69) is 4.98 Å². The highest BCUT2D eigenvalue weighted by Crippen LogP contribution is 2.50. The average Bonchev–Trinajstić information content (AvgIpc) is 3.25. The molecule has 28 heavy (non-hydrogen) atoms. The molecule has 1 amide bonds. The fraction of sp³-hybridized carbons (Fsp3) is 0.450. The van der Waals surface area contributed by atoms with Crippen LogP contribution in [-0.2, 0) is 16.9 Å². The molecule has 2 heterocycles. The van der Waals surface area contributed by atoms with Crippen molar-refractivity contribution < 1.29 is 14.6 Å². The summed E-state index contributed by atoms with van der Waals surface area (Å²) in [6.45, 7) is 0.871. The van der Waals surface area contributed by atoms with Gasteiger partial charge in [-0.25, -0.2) is 4.79 Å². The molecule has 148 valence electrons. The lowest BCUT2D eigenvalue weighted by Gasteiger charge is -2.31. The van der Waals surface area contributed by atoms with Crippen LogP contribution in [0, 0.1) is 11.8 Å². The summed E-state index contributed by atoms with van der Waals surface area (Å²) in [7, 11) is 1.59. The van der Waals surface area contributed by atoms with Crippen LogP contribution in [-0.4, -0.2) is 45.7 Å². The molecule has 1 saturated carbocycles. The van der Waals surface area contributed by atoms with E-state index in [0.29, 0.717) is 25.3 Å². The summed E-state index contributed by atoms with van der Waals surface area (Å²) in [5.74, 6) is 0.651. The Morgan fingerprint density at radius 3 is 2.89 bits per heavy atom. The molecule has 2 N–H and O–H groups in total. The summed E-state index contributed by atoms with van der Waals surface area (Å²) < 4.78 is 6.47. The van der Waals surface area contributed by atoms with Crippen LogP contribution >= 0.6 is 0 Å². The van der Waals surface area contributed by atoms with E-state index in [1.54, 1.807) is 12.0 Å². The minimum absolute atomic E-state index is 0.0594. The van der Waals surface area contributed by atoms with Crippen molar-refractivity contribution in [2.45, 2.75) is 25.0 Å². The SMILES string of the molecule is COc1cccc([C@@]2(O)CC[C@@H]3CN(C(=O)Cn4ccc(=O)[nH]c4=O)C[C@@H]32)c1. The van der Waals surface area contributed by atoms with Gasteiger partial charge in [0, 0.05) is 31.3 Å². The fourth-order valence-electron chi connectivity index (χ4n) is 4.56. The Bertz CT molecular complexity index is 1010. The number of amides is 1. The van der Waals surface area contributed by atoms with E-state index in [-0.39, 0.29) is 24.3 Å².